The van der Waals surface area contributed by atoms with E-state index in [1.807, 2.05) is 0 Å². The fourth-order valence-corrected chi connectivity index (χ4v) is 3.13. The molecule has 0 saturated carbocycles. The van der Waals surface area contributed by atoms with Crippen molar-refractivity contribution >= 4 is 17.3 Å². The summed E-state index contributed by atoms with van der Waals surface area (Å²) in [5.74, 6) is -2.42. The first-order chi connectivity index (χ1) is 14.2. The molecule has 0 unspecified atom stereocenters. The number of hydrogen-bond acceptors (Lipinski definition) is 2. The molecule has 158 valence electrons. The third-order valence-electron chi connectivity index (χ3n) is 4.72. The predicted octanol–water partition coefficient (Wildman–Crippen LogP) is 5.77. The zero-order chi connectivity index (χ0) is 21.9. The van der Waals surface area contributed by atoms with Crippen LogP contribution in [-0.2, 0) is 0 Å². The Balaban J connectivity index is 1.91. The SMILES string of the molecule is CN1CCCC=C(C(F)(F)F)C=C1c1ccc(NC(=O)c2ccccc2F)c(F)c1. The molecule has 8 heteroatoms. The maximum atomic E-state index is 14.6. The van der Waals surface area contributed by atoms with Crippen molar-refractivity contribution in [1.29, 1.82) is 0 Å². The summed E-state index contributed by atoms with van der Waals surface area (Å²) in [6.07, 6.45) is -1.58. The Bertz CT molecular complexity index is 1010. The smallest absolute Gasteiger partial charge is 0.374 e. The number of hydrogen-bond donors (Lipinski definition) is 1. The van der Waals surface area contributed by atoms with E-state index in [4.69, 9.17) is 0 Å². The molecule has 1 heterocycles. The maximum absolute atomic E-state index is 14.6. The van der Waals surface area contributed by atoms with E-state index in [9.17, 15) is 26.7 Å². The van der Waals surface area contributed by atoms with Crippen LogP contribution in [0.4, 0.5) is 27.6 Å². The van der Waals surface area contributed by atoms with Gasteiger partial charge in [-0.15, -0.1) is 0 Å². The highest BCUT2D eigenvalue weighted by atomic mass is 19.4. The van der Waals surface area contributed by atoms with Crippen LogP contribution in [0.5, 0.6) is 0 Å². The molecule has 0 spiro atoms. The number of alkyl halides is 3. The maximum Gasteiger partial charge on any atom is 0.416 e. The number of nitrogens with zero attached hydrogens (tertiary/aromatic N) is 1. The number of nitrogens with one attached hydrogen (secondary N) is 1. The summed E-state index contributed by atoms with van der Waals surface area (Å²) in [7, 11) is 1.64. The van der Waals surface area contributed by atoms with E-state index in [1.165, 1.54) is 30.3 Å². The van der Waals surface area contributed by atoms with Crippen LogP contribution in [-0.4, -0.2) is 30.6 Å². The molecule has 0 aromatic heterocycles. The minimum atomic E-state index is -4.52. The first kappa shape index (κ1) is 21.5. The van der Waals surface area contributed by atoms with E-state index in [0.29, 0.717) is 19.4 Å². The van der Waals surface area contributed by atoms with E-state index >= 15 is 0 Å². The van der Waals surface area contributed by atoms with Crippen LogP contribution in [0.3, 0.4) is 0 Å². The number of rotatable bonds is 3. The Labute approximate surface area is 170 Å². The lowest BCUT2D eigenvalue weighted by Gasteiger charge is -2.26. The fraction of sp³-hybridized carbons (Fsp3) is 0.227. The lowest BCUT2D eigenvalue weighted by Crippen LogP contribution is -2.22. The van der Waals surface area contributed by atoms with E-state index in [0.717, 1.165) is 24.3 Å². The second-order valence-corrected chi connectivity index (χ2v) is 6.88. The lowest BCUT2D eigenvalue weighted by molar-refractivity contribution is -0.0885. The summed E-state index contributed by atoms with van der Waals surface area (Å²) in [5.41, 5.74) is -0.794. The molecule has 0 bridgehead atoms. The van der Waals surface area contributed by atoms with Gasteiger partial charge < -0.3 is 10.2 Å². The summed E-state index contributed by atoms with van der Waals surface area (Å²) in [6, 6.07) is 8.97. The van der Waals surface area contributed by atoms with Gasteiger partial charge in [0, 0.05) is 24.9 Å². The molecule has 1 amide bonds. The zero-order valence-corrected chi connectivity index (χ0v) is 16.1. The van der Waals surface area contributed by atoms with E-state index in [-0.39, 0.29) is 22.5 Å². The molecule has 0 saturated heterocycles. The highest BCUT2D eigenvalue weighted by molar-refractivity contribution is 6.04. The van der Waals surface area contributed by atoms with Gasteiger partial charge in [0.25, 0.3) is 5.91 Å². The van der Waals surface area contributed by atoms with Crippen LogP contribution >= 0.6 is 0 Å². The van der Waals surface area contributed by atoms with Crippen molar-refractivity contribution in [3.8, 4) is 0 Å². The molecule has 1 N–H and O–H groups in total. The molecule has 0 fully saturated rings. The number of benzene rings is 2. The third kappa shape index (κ3) is 4.87. The monoisotopic (exact) mass is 422 g/mol. The molecule has 1 aliphatic heterocycles. The first-order valence-corrected chi connectivity index (χ1v) is 9.23. The summed E-state index contributed by atoms with van der Waals surface area (Å²) < 4.78 is 68.2. The molecule has 3 rings (SSSR count). The van der Waals surface area contributed by atoms with Gasteiger partial charge >= 0.3 is 6.18 Å². The second kappa shape index (κ2) is 8.69. The summed E-state index contributed by atoms with van der Waals surface area (Å²) in [6.45, 7) is 0.501. The van der Waals surface area contributed by atoms with Crippen molar-refractivity contribution in [2.75, 3.05) is 18.9 Å². The largest absolute Gasteiger partial charge is 0.416 e. The van der Waals surface area contributed by atoms with E-state index in [2.05, 4.69) is 5.32 Å². The molecule has 30 heavy (non-hydrogen) atoms. The predicted molar refractivity (Wildman–Crippen MR) is 105 cm³/mol. The van der Waals surface area contributed by atoms with Gasteiger partial charge in [-0.05, 0) is 43.2 Å². The van der Waals surface area contributed by atoms with Crippen LogP contribution in [0.1, 0.15) is 28.8 Å². The Morgan fingerprint density at radius 2 is 1.80 bits per heavy atom. The highest BCUT2D eigenvalue weighted by Crippen LogP contribution is 2.33. The van der Waals surface area contributed by atoms with Crippen LogP contribution in [0, 0.1) is 11.6 Å². The first-order valence-electron chi connectivity index (χ1n) is 9.23. The zero-order valence-electron chi connectivity index (χ0n) is 16.1. The normalized spacial score (nSPS) is 15.1. The Morgan fingerprint density at radius 3 is 2.47 bits per heavy atom. The van der Waals surface area contributed by atoms with Gasteiger partial charge in [0.15, 0.2) is 0 Å². The molecule has 2 aromatic rings. The molecular weight excluding hydrogens is 403 g/mol. The van der Waals surface area contributed by atoms with Crippen molar-refractivity contribution in [2.45, 2.75) is 19.0 Å². The average molecular weight is 422 g/mol. The van der Waals surface area contributed by atoms with Crippen LogP contribution in [0.15, 0.2) is 60.2 Å². The molecule has 3 nitrogen and oxygen atoms in total. The quantitative estimate of drug-likeness (QED) is 0.637. The third-order valence-corrected chi connectivity index (χ3v) is 4.72. The lowest BCUT2D eigenvalue weighted by atomic mass is 10.0. The molecule has 2 aromatic carbocycles. The standard InChI is InChI=1S/C22H19F5N2O/c1-29-11-5-4-6-15(22(25,26)27)13-20(29)14-9-10-19(18(24)12-14)28-21(30)16-7-2-3-8-17(16)23/h2-3,6-10,12-13H,4-5,11H2,1H3,(H,28,30). The molecule has 0 radical (unpaired) electrons. The average Bonchev–Trinajstić information content (AvgIpc) is 2.66. The van der Waals surface area contributed by atoms with Gasteiger partial charge in [-0.1, -0.05) is 24.3 Å². The van der Waals surface area contributed by atoms with Crippen molar-refractivity contribution in [3.63, 3.8) is 0 Å². The molecule has 1 aliphatic rings. The van der Waals surface area contributed by atoms with Crippen molar-refractivity contribution in [1.82, 2.24) is 4.90 Å². The minimum Gasteiger partial charge on any atom is -0.374 e. The van der Waals surface area contributed by atoms with Crippen molar-refractivity contribution < 1.29 is 26.7 Å². The number of carbonyl (C=O) groups is 1. The number of halogens is 5. The topological polar surface area (TPSA) is 32.3 Å². The van der Waals surface area contributed by atoms with E-state index in [1.54, 1.807) is 11.9 Å². The van der Waals surface area contributed by atoms with Crippen LogP contribution < -0.4 is 5.32 Å². The number of carbonyl (C=O) groups excluding carboxylic acids is 1. The number of amides is 1. The Kier molecular flexibility index (Phi) is 6.24. The van der Waals surface area contributed by atoms with Crippen molar-refractivity contribution in [3.05, 3.63) is 83.0 Å². The van der Waals surface area contributed by atoms with Gasteiger partial charge in [-0.3, -0.25) is 4.79 Å². The van der Waals surface area contributed by atoms with Gasteiger partial charge in [0.05, 0.1) is 16.8 Å². The molecular formula is C22H19F5N2O. The number of allylic oxidation sites excluding steroid dienone is 3. The van der Waals surface area contributed by atoms with Crippen molar-refractivity contribution in [2.24, 2.45) is 0 Å². The van der Waals surface area contributed by atoms with Gasteiger partial charge in [0.1, 0.15) is 11.6 Å². The fourth-order valence-electron chi connectivity index (χ4n) is 3.13. The van der Waals surface area contributed by atoms with Gasteiger partial charge in [-0.2, -0.15) is 13.2 Å². The van der Waals surface area contributed by atoms with Gasteiger partial charge in [-0.25, -0.2) is 8.78 Å². The van der Waals surface area contributed by atoms with Crippen LogP contribution in [0.2, 0.25) is 0 Å². The summed E-state index contributed by atoms with van der Waals surface area (Å²) in [4.78, 5) is 13.8. The Morgan fingerprint density at radius 1 is 1.07 bits per heavy atom. The minimum absolute atomic E-state index is 0.201. The van der Waals surface area contributed by atoms with Crippen LogP contribution in [0.25, 0.3) is 5.70 Å². The Hall–Kier alpha value is -3.16. The molecule has 0 atom stereocenters. The summed E-state index contributed by atoms with van der Waals surface area (Å²) >= 11 is 0. The summed E-state index contributed by atoms with van der Waals surface area (Å²) in [5, 5.41) is 2.29. The highest BCUT2D eigenvalue weighted by Gasteiger charge is 2.33. The van der Waals surface area contributed by atoms with E-state index < -0.39 is 29.3 Å². The molecule has 0 aliphatic carbocycles. The number of anilines is 1. The van der Waals surface area contributed by atoms with Gasteiger partial charge in [0.2, 0.25) is 0 Å². The second-order valence-electron chi connectivity index (χ2n) is 6.88.